The van der Waals surface area contributed by atoms with E-state index >= 15 is 0 Å². The number of carbonyl (C=O) groups excluding carboxylic acids is 1. The van der Waals surface area contributed by atoms with Crippen LogP contribution in [0, 0.1) is 0 Å². The number of hydrogen-bond acceptors (Lipinski definition) is 4. The Hall–Kier alpha value is -2.63. The van der Waals surface area contributed by atoms with Crippen molar-refractivity contribution in [2.75, 3.05) is 12.4 Å². The molecule has 0 fully saturated rings. The summed E-state index contributed by atoms with van der Waals surface area (Å²) in [4.78, 5) is 13.8. The van der Waals surface area contributed by atoms with Gasteiger partial charge in [-0.15, -0.1) is 11.3 Å². The maximum Gasteiger partial charge on any atom is 0.241 e. The van der Waals surface area contributed by atoms with Crippen molar-refractivity contribution in [3.63, 3.8) is 0 Å². The summed E-state index contributed by atoms with van der Waals surface area (Å²) in [5.41, 5.74) is 1.85. The number of hydrogen-bond donors (Lipinski definition) is 2. The van der Waals surface area contributed by atoms with Gasteiger partial charge in [-0.1, -0.05) is 42.5 Å². The summed E-state index contributed by atoms with van der Waals surface area (Å²) < 4.78 is 5.20. The van der Waals surface area contributed by atoms with E-state index in [0.717, 1.165) is 11.3 Å². The maximum atomic E-state index is 12.6. The normalized spacial score (nSPS) is 13.0. The van der Waals surface area contributed by atoms with Gasteiger partial charge in [0.15, 0.2) is 0 Å². The Bertz CT molecular complexity index is 834. The zero-order valence-electron chi connectivity index (χ0n) is 14.8. The fourth-order valence-corrected chi connectivity index (χ4v) is 3.53. The smallest absolute Gasteiger partial charge is 0.241 e. The van der Waals surface area contributed by atoms with Crippen molar-refractivity contribution in [3.8, 4) is 5.75 Å². The second kappa shape index (κ2) is 8.65. The van der Waals surface area contributed by atoms with Gasteiger partial charge in [0.1, 0.15) is 5.75 Å². The molecule has 5 heteroatoms. The summed E-state index contributed by atoms with van der Waals surface area (Å²) in [6.45, 7) is 1.87. The van der Waals surface area contributed by atoms with Crippen LogP contribution >= 0.6 is 11.3 Å². The number of carbonyl (C=O) groups is 1. The third-order valence-corrected chi connectivity index (χ3v) is 5.05. The molecule has 0 aliphatic rings. The summed E-state index contributed by atoms with van der Waals surface area (Å²) in [5.74, 6) is 0.625. The molecule has 1 amide bonds. The van der Waals surface area contributed by atoms with Crippen LogP contribution in [0.3, 0.4) is 0 Å². The predicted octanol–water partition coefficient (Wildman–Crippen LogP) is 4.46. The lowest BCUT2D eigenvalue weighted by Gasteiger charge is -2.22. The average Bonchev–Trinajstić information content (AvgIpc) is 3.21. The zero-order valence-corrected chi connectivity index (χ0v) is 15.6. The number of amides is 1. The molecular formula is C21H22N2O2S. The number of nitrogens with one attached hydrogen (secondary N) is 2. The topological polar surface area (TPSA) is 50.4 Å². The van der Waals surface area contributed by atoms with Crippen LogP contribution in [-0.2, 0) is 4.79 Å². The van der Waals surface area contributed by atoms with E-state index in [4.69, 9.17) is 4.74 Å². The molecule has 3 rings (SSSR count). The fourth-order valence-electron chi connectivity index (χ4n) is 2.72. The molecule has 0 aliphatic heterocycles. The highest BCUT2D eigenvalue weighted by Gasteiger charge is 2.21. The molecule has 26 heavy (non-hydrogen) atoms. The molecule has 2 atom stereocenters. The largest absolute Gasteiger partial charge is 0.497 e. The lowest BCUT2D eigenvalue weighted by Crippen LogP contribution is -2.40. The monoisotopic (exact) mass is 366 g/mol. The van der Waals surface area contributed by atoms with E-state index in [1.165, 1.54) is 4.88 Å². The number of anilines is 1. The van der Waals surface area contributed by atoms with E-state index in [1.807, 2.05) is 54.8 Å². The van der Waals surface area contributed by atoms with Crippen molar-refractivity contribution in [1.29, 1.82) is 0 Å². The molecule has 2 N–H and O–H groups in total. The quantitative estimate of drug-likeness (QED) is 0.649. The van der Waals surface area contributed by atoms with Gasteiger partial charge in [-0.2, -0.15) is 0 Å². The Balaban J connectivity index is 1.73. The number of ether oxygens (including phenoxy) is 1. The molecule has 0 radical (unpaired) electrons. The first kappa shape index (κ1) is 18.2. The molecule has 0 aliphatic carbocycles. The van der Waals surface area contributed by atoms with Crippen LogP contribution in [0.25, 0.3) is 0 Å². The van der Waals surface area contributed by atoms with E-state index < -0.39 is 0 Å². The van der Waals surface area contributed by atoms with E-state index in [1.54, 1.807) is 24.5 Å². The Kier molecular flexibility index (Phi) is 6.04. The lowest BCUT2D eigenvalue weighted by molar-refractivity contribution is -0.117. The molecule has 3 aromatic rings. The zero-order chi connectivity index (χ0) is 18.4. The van der Waals surface area contributed by atoms with Crippen molar-refractivity contribution < 1.29 is 9.53 Å². The summed E-state index contributed by atoms with van der Waals surface area (Å²) in [6, 6.07) is 21.2. The van der Waals surface area contributed by atoms with Gasteiger partial charge in [0.05, 0.1) is 19.2 Å². The molecule has 0 saturated carbocycles. The lowest BCUT2D eigenvalue weighted by atomic mass is 10.0. The van der Waals surface area contributed by atoms with Crippen LogP contribution in [0.4, 0.5) is 5.69 Å². The van der Waals surface area contributed by atoms with Gasteiger partial charge in [0.2, 0.25) is 5.91 Å². The van der Waals surface area contributed by atoms with Crippen molar-refractivity contribution in [3.05, 3.63) is 82.6 Å². The third-order valence-electron chi connectivity index (χ3n) is 4.11. The molecule has 0 spiro atoms. The second-order valence-electron chi connectivity index (χ2n) is 5.97. The van der Waals surface area contributed by atoms with Crippen LogP contribution in [0.1, 0.15) is 23.4 Å². The average molecular weight is 366 g/mol. The van der Waals surface area contributed by atoms with Crippen molar-refractivity contribution in [2.45, 2.75) is 19.0 Å². The van der Waals surface area contributed by atoms with Crippen molar-refractivity contribution in [2.24, 2.45) is 0 Å². The highest BCUT2D eigenvalue weighted by molar-refractivity contribution is 7.10. The summed E-state index contributed by atoms with van der Waals surface area (Å²) in [5, 5.41) is 8.44. The molecule has 0 unspecified atom stereocenters. The molecule has 1 heterocycles. The standard InChI is InChI=1S/C21H22N2O2S/c1-15(21(24)23-17-10-6-11-18(14-17)25-2)22-20(19-12-7-13-26-19)16-8-4-3-5-9-16/h3-15,20,22H,1-2H3,(H,23,24)/t15-,20+/m1/s1. The number of rotatable bonds is 7. The van der Waals surface area contributed by atoms with Crippen molar-refractivity contribution >= 4 is 22.9 Å². The SMILES string of the molecule is COc1cccc(NC(=O)[C@@H](C)N[C@@H](c2ccccc2)c2cccs2)c1. The van der Waals surface area contributed by atoms with E-state index in [9.17, 15) is 4.79 Å². The number of methoxy groups -OCH3 is 1. The highest BCUT2D eigenvalue weighted by Crippen LogP contribution is 2.26. The Morgan fingerprint density at radius 2 is 1.85 bits per heavy atom. The van der Waals surface area contributed by atoms with Gasteiger partial charge in [-0.05, 0) is 36.1 Å². The Labute approximate surface area is 157 Å². The summed E-state index contributed by atoms with van der Waals surface area (Å²) in [6.07, 6.45) is 0. The van der Waals surface area contributed by atoms with Crippen LogP contribution in [-0.4, -0.2) is 19.1 Å². The van der Waals surface area contributed by atoms with E-state index in [0.29, 0.717) is 5.75 Å². The first-order valence-corrected chi connectivity index (χ1v) is 9.34. The molecule has 0 saturated heterocycles. The van der Waals surface area contributed by atoms with Crippen LogP contribution < -0.4 is 15.4 Å². The number of benzene rings is 2. The minimum atomic E-state index is -0.367. The first-order chi connectivity index (χ1) is 12.7. The molecule has 4 nitrogen and oxygen atoms in total. The van der Waals surface area contributed by atoms with Gasteiger partial charge in [0.25, 0.3) is 0 Å². The van der Waals surface area contributed by atoms with Gasteiger partial charge in [0, 0.05) is 16.6 Å². The molecule has 1 aromatic heterocycles. The van der Waals surface area contributed by atoms with Crippen LogP contribution in [0.5, 0.6) is 5.75 Å². The minimum absolute atomic E-state index is 0.0257. The van der Waals surface area contributed by atoms with Gasteiger partial charge >= 0.3 is 0 Å². The van der Waals surface area contributed by atoms with Crippen LogP contribution in [0.2, 0.25) is 0 Å². The third kappa shape index (κ3) is 4.50. The van der Waals surface area contributed by atoms with E-state index in [2.05, 4.69) is 28.8 Å². The molecule has 0 bridgehead atoms. The molecule has 2 aromatic carbocycles. The predicted molar refractivity (Wildman–Crippen MR) is 107 cm³/mol. The number of thiophene rings is 1. The first-order valence-electron chi connectivity index (χ1n) is 8.46. The Morgan fingerprint density at radius 1 is 1.04 bits per heavy atom. The van der Waals surface area contributed by atoms with Gasteiger partial charge in [-0.3, -0.25) is 10.1 Å². The van der Waals surface area contributed by atoms with Crippen LogP contribution in [0.15, 0.2) is 72.1 Å². The molecule has 134 valence electrons. The maximum absolute atomic E-state index is 12.6. The van der Waals surface area contributed by atoms with Gasteiger partial charge < -0.3 is 10.1 Å². The highest BCUT2D eigenvalue weighted by atomic mass is 32.1. The van der Waals surface area contributed by atoms with Crippen molar-refractivity contribution in [1.82, 2.24) is 5.32 Å². The van der Waals surface area contributed by atoms with E-state index in [-0.39, 0.29) is 18.0 Å². The summed E-state index contributed by atoms with van der Waals surface area (Å²) in [7, 11) is 1.61. The Morgan fingerprint density at radius 3 is 2.54 bits per heavy atom. The van der Waals surface area contributed by atoms with Gasteiger partial charge in [-0.25, -0.2) is 0 Å². The second-order valence-corrected chi connectivity index (χ2v) is 6.95. The summed E-state index contributed by atoms with van der Waals surface area (Å²) >= 11 is 1.68. The molecular weight excluding hydrogens is 344 g/mol. The fraction of sp³-hybridized carbons (Fsp3) is 0.190. The minimum Gasteiger partial charge on any atom is -0.497 e.